The van der Waals surface area contributed by atoms with Crippen LogP contribution in [0, 0.1) is 45.2 Å². The molecule has 0 fully saturated rings. The number of hydrogen-bond donors (Lipinski definition) is 0. The van der Waals surface area contributed by atoms with Gasteiger partial charge in [0.15, 0.2) is 0 Å². The van der Waals surface area contributed by atoms with Crippen molar-refractivity contribution in [2.45, 2.75) is 54.9 Å². The molecule has 0 aliphatic rings. The molecule has 1 radical (unpaired) electrons. The fraction of sp³-hybridized carbons (Fsp3) is 0.196. The number of aryl methyl sites for hydroxylation is 4. The van der Waals surface area contributed by atoms with Gasteiger partial charge in [-0.2, -0.15) is 0 Å². The average Bonchev–Trinajstić information content (AvgIpc) is 3.49. The molecule has 0 N–H and O–H groups in total. The molecule has 0 aliphatic carbocycles. The minimum Gasteiger partial charge on any atom is -0.500 e. The monoisotopic (exact) mass is 844 g/mol. The minimum atomic E-state index is 0. The van der Waals surface area contributed by atoms with Crippen LogP contribution in [0.2, 0.25) is 0 Å². The predicted octanol–water partition coefficient (Wildman–Crippen LogP) is 12.0. The fourth-order valence-electron chi connectivity index (χ4n) is 6.44. The standard InChI is InChI=1S/C26H23N2O.C20H18N.Ir/c1-16-8-9-21-22(28-16)11-10-19-18-6-5-7-20(24(18)29-25(19)21)23-14-17(12-13-27-23)15-26(2,3)4;1-14-9-10-18(20-11-15(2)16(3)13-21-20)12-19(14)17-7-5-4-6-8-17;/h5-6,8-14H,15H2,1-4H3;4-9,11-13H,1-3H3;/q2*-1;. The number of aromatic nitrogens is 3. The molecule has 0 unspecified atom stereocenters. The fourth-order valence-corrected chi connectivity index (χ4v) is 6.44. The number of benzene rings is 4. The predicted molar refractivity (Wildman–Crippen MR) is 207 cm³/mol. The van der Waals surface area contributed by atoms with Crippen LogP contribution in [0.15, 0.2) is 114 Å². The summed E-state index contributed by atoms with van der Waals surface area (Å²) in [4.78, 5) is 13.8. The Morgan fingerprint density at radius 1 is 0.686 bits per heavy atom. The first-order chi connectivity index (χ1) is 24.0. The van der Waals surface area contributed by atoms with Gasteiger partial charge in [-0.25, -0.2) is 0 Å². The Balaban J connectivity index is 0.000000181. The van der Waals surface area contributed by atoms with Gasteiger partial charge in [-0.1, -0.05) is 97.8 Å². The smallest absolute Gasteiger partial charge is 0.130 e. The number of rotatable bonds is 4. The zero-order valence-electron chi connectivity index (χ0n) is 30.2. The van der Waals surface area contributed by atoms with Crippen LogP contribution >= 0.6 is 0 Å². The first-order valence-corrected chi connectivity index (χ1v) is 17.1. The van der Waals surface area contributed by atoms with Crippen molar-refractivity contribution in [1.82, 2.24) is 15.0 Å². The summed E-state index contributed by atoms with van der Waals surface area (Å²) in [7, 11) is 0. The molecule has 0 bridgehead atoms. The third kappa shape index (κ3) is 7.71. The summed E-state index contributed by atoms with van der Waals surface area (Å²) >= 11 is 0. The maximum absolute atomic E-state index is 6.42. The Morgan fingerprint density at radius 2 is 1.45 bits per heavy atom. The van der Waals surface area contributed by atoms with Crippen molar-refractivity contribution < 1.29 is 24.5 Å². The Labute approximate surface area is 314 Å². The molecule has 0 saturated heterocycles. The van der Waals surface area contributed by atoms with E-state index in [0.717, 1.165) is 67.5 Å². The van der Waals surface area contributed by atoms with Crippen molar-refractivity contribution >= 4 is 32.8 Å². The van der Waals surface area contributed by atoms with E-state index in [0.29, 0.717) is 0 Å². The van der Waals surface area contributed by atoms with Crippen molar-refractivity contribution in [3.8, 4) is 33.6 Å². The average molecular weight is 844 g/mol. The number of nitrogens with zero attached hydrogens (tertiary/aromatic N) is 3. The molecule has 0 amide bonds. The molecule has 5 heteroatoms. The summed E-state index contributed by atoms with van der Waals surface area (Å²) in [5.41, 5.74) is 15.2. The van der Waals surface area contributed by atoms with E-state index < -0.39 is 0 Å². The Morgan fingerprint density at radius 3 is 2.22 bits per heavy atom. The molecule has 8 rings (SSSR count). The quantitative estimate of drug-likeness (QED) is 0.166. The number of pyridine rings is 3. The summed E-state index contributed by atoms with van der Waals surface area (Å²) in [6.07, 6.45) is 4.81. The van der Waals surface area contributed by atoms with Gasteiger partial charge in [-0.3, -0.25) is 4.98 Å². The number of hydrogen-bond acceptors (Lipinski definition) is 4. The van der Waals surface area contributed by atoms with E-state index in [4.69, 9.17) is 4.42 Å². The van der Waals surface area contributed by atoms with Crippen molar-refractivity contribution in [3.63, 3.8) is 0 Å². The van der Waals surface area contributed by atoms with Gasteiger partial charge in [0.05, 0.1) is 11.1 Å². The summed E-state index contributed by atoms with van der Waals surface area (Å²) in [5.74, 6) is 0. The second kappa shape index (κ2) is 14.7. The molecule has 8 aromatic rings. The van der Waals surface area contributed by atoms with Crippen molar-refractivity contribution in [2.24, 2.45) is 5.41 Å². The van der Waals surface area contributed by atoms with E-state index in [1.165, 1.54) is 33.4 Å². The Hall–Kier alpha value is -4.96. The zero-order chi connectivity index (χ0) is 35.0. The van der Waals surface area contributed by atoms with Crippen molar-refractivity contribution in [2.75, 3.05) is 0 Å². The number of fused-ring (bicyclic) bond motifs is 5. The van der Waals surface area contributed by atoms with Gasteiger partial charge in [0.2, 0.25) is 0 Å². The van der Waals surface area contributed by atoms with E-state index >= 15 is 0 Å². The van der Waals surface area contributed by atoms with Crippen LogP contribution < -0.4 is 0 Å². The van der Waals surface area contributed by atoms with E-state index in [1.54, 1.807) is 0 Å². The molecule has 4 aromatic carbocycles. The number of furan rings is 1. The topological polar surface area (TPSA) is 51.8 Å². The van der Waals surface area contributed by atoms with E-state index in [2.05, 4.69) is 147 Å². The molecule has 257 valence electrons. The van der Waals surface area contributed by atoms with Gasteiger partial charge >= 0.3 is 0 Å². The molecule has 4 aromatic heterocycles. The van der Waals surface area contributed by atoms with E-state index in [9.17, 15) is 0 Å². The molecule has 0 spiro atoms. The van der Waals surface area contributed by atoms with Gasteiger partial charge in [0.25, 0.3) is 0 Å². The van der Waals surface area contributed by atoms with Crippen LogP contribution in [0.3, 0.4) is 0 Å². The molecule has 0 atom stereocenters. The molecular weight excluding hydrogens is 803 g/mol. The van der Waals surface area contributed by atoms with Crippen LogP contribution in [0.4, 0.5) is 0 Å². The SMILES string of the molecule is Cc1ccc2c(ccc3c4cc[c-]c(-c5cc(CC(C)(C)C)ccn5)c4oc23)n1.Cc1cnc(-c2[c-]cc(C)c(-c3ccccc3)c2)cc1C.[Ir]. The van der Waals surface area contributed by atoms with Gasteiger partial charge in [-0.15, -0.1) is 47.5 Å². The minimum absolute atomic E-state index is 0. The van der Waals surface area contributed by atoms with Gasteiger partial charge < -0.3 is 14.4 Å². The molecule has 0 aliphatic heterocycles. The first kappa shape index (κ1) is 35.9. The third-order valence-electron chi connectivity index (χ3n) is 9.11. The van der Waals surface area contributed by atoms with E-state index in [-0.39, 0.29) is 25.5 Å². The van der Waals surface area contributed by atoms with E-state index in [1.807, 2.05) is 37.5 Å². The summed E-state index contributed by atoms with van der Waals surface area (Å²) in [6.45, 7) is 15.1. The molecular formula is C46H41IrN3O-2. The Bertz CT molecular complexity index is 2490. The van der Waals surface area contributed by atoms with Crippen LogP contribution in [0.25, 0.3) is 66.5 Å². The maximum atomic E-state index is 6.42. The Kier molecular flexibility index (Phi) is 10.3. The summed E-state index contributed by atoms with van der Waals surface area (Å²) < 4.78 is 6.42. The van der Waals surface area contributed by atoms with Crippen molar-refractivity contribution in [1.29, 1.82) is 0 Å². The molecule has 4 nitrogen and oxygen atoms in total. The van der Waals surface area contributed by atoms with Gasteiger partial charge in [0.1, 0.15) is 5.58 Å². The van der Waals surface area contributed by atoms with Gasteiger partial charge in [-0.05, 0) is 85.5 Å². The molecule has 51 heavy (non-hydrogen) atoms. The van der Waals surface area contributed by atoms with Crippen molar-refractivity contribution in [3.05, 3.63) is 150 Å². The van der Waals surface area contributed by atoms with Crippen LogP contribution in [-0.2, 0) is 26.5 Å². The molecule has 4 heterocycles. The van der Waals surface area contributed by atoms with Crippen LogP contribution in [0.1, 0.15) is 48.7 Å². The third-order valence-corrected chi connectivity index (χ3v) is 9.11. The normalized spacial score (nSPS) is 11.4. The first-order valence-electron chi connectivity index (χ1n) is 17.1. The van der Waals surface area contributed by atoms with Gasteiger partial charge in [0, 0.05) is 49.0 Å². The largest absolute Gasteiger partial charge is 0.500 e. The van der Waals surface area contributed by atoms with Crippen LogP contribution in [-0.4, -0.2) is 15.0 Å². The zero-order valence-corrected chi connectivity index (χ0v) is 32.6. The summed E-state index contributed by atoms with van der Waals surface area (Å²) in [5, 5.41) is 3.21. The summed E-state index contributed by atoms with van der Waals surface area (Å²) in [6, 6.07) is 40.1. The maximum Gasteiger partial charge on any atom is 0.130 e. The second-order valence-corrected chi connectivity index (χ2v) is 14.4. The molecule has 0 saturated carbocycles. The second-order valence-electron chi connectivity index (χ2n) is 14.4. The van der Waals surface area contributed by atoms with Crippen LogP contribution in [0.5, 0.6) is 0 Å².